The molecule has 0 aliphatic rings. The summed E-state index contributed by atoms with van der Waals surface area (Å²) in [6.45, 7) is 1.96. The van der Waals surface area contributed by atoms with Gasteiger partial charge in [-0.15, -0.1) is 0 Å². The monoisotopic (exact) mass is 290 g/mol. The molecule has 0 spiro atoms. The van der Waals surface area contributed by atoms with Crippen molar-refractivity contribution in [3.63, 3.8) is 0 Å². The Balaban J connectivity index is 2.84. The number of rotatable bonds is 6. The zero-order valence-corrected chi connectivity index (χ0v) is 12.1. The van der Waals surface area contributed by atoms with Crippen molar-refractivity contribution in [2.24, 2.45) is 0 Å². The molecule has 1 aromatic rings. The molecule has 1 rings (SSSR count). The number of carbonyl (C=O) groups excluding carboxylic acids is 1. The van der Waals surface area contributed by atoms with Crippen LogP contribution < -0.4 is 0 Å². The van der Waals surface area contributed by atoms with Crippen molar-refractivity contribution < 1.29 is 14.7 Å². The molecule has 0 aliphatic heterocycles. The number of pyridine rings is 1. The van der Waals surface area contributed by atoms with Crippen LogP contribution in [0.1, 0.15) is 18.9 Å². The fraction of sp³-hybridized carbons (Fsp3) is 0.429. The van der Waals surface area contributed by atoms with Gasteiger partial charge in [-0.05, 0) is 18.6 Å². The fourth-order valence-electron chi connectivity index (χ4n) is 1.69. The van der Waals surface area contributed by atoms with E-state index in [0.29, 0.717) is 0 Å². The maximum Gasteiger partial charge on any atom is 0.326 e. The second-order valence-corrected chi connectivity index (χ2v) is 4.60. The van der Waals surface area contributed by atoms with Crippen LogP contribution in [0.15, 0.2) is 24.5 Å². The SMILES string of the molecule is CC(C(=O)O)N(C)C(=O)N(CCC#N)Cc1cccnc1. The molecule has 0 aliphatic carbocycles. The molecular weight excluding hydrogens is 272 g/mol. The quantitative estimate of drug-likeness (QED) is 0.852. The third-order valence-electron chi connectivity index (χ3n) is 3.10. The molecule has 1 unspecified atom stereocenters. The maximum absolute atomic E-state index is 12.4. The Bertz CT molecular complexity index is 527. The van der Waals surface area contributed by atoms with Crippen LogP contribution in [0.5, 0.6) is 0 Å². The molecule has 1 atom stereocenters. The first-order chi connectivity index (χ1) is 9.97. The van der Waals surface area contributed by atoms with Crippen molar-refractivity contribution in [1.29, 1.82) is 5.26 Å². The largest absolute Gasteiger partial charge is 0.480 e. The van der Waals surface area contributed by atoms with E-state index in [0.717, 1.165) is 10.5 Å². The van der Waals surface area contributed by atoms with Gasteiger partial charge in [0.25, 0.3) is 0 Å². The normalized spacial score (nSPS) is 11.3. The molecule has 2 amide bonds. The standard InChI is InChI=1S/C14H18N4O3/c1-11(13(19)20)17(2)14(21)18(8-4-6-15)10-12-5-3-7-16-9-12/h3,5,7,9,11H,4,8,10H2,1-2H3,(H,19,20). The Morgan fingerprint density at radius 1 is 1.52 bits per heavy atom. The van der Waals surface area contributed by atoms with Gasteiger partial charge in [0.1, 0.15) is 6.04 Å². The molecule has 21 heavy (non-hydrogen) atoms. The molecule has 0 aromatic carbocycles. The third kappa shape index (κ3) is 4.76. The number of nitriles is 1. The lowest BCUT2D eigenvalue weighted by molar-refractivity contribution is -0.141. The average molecular weight is 290 g/mol. The summed E-state index contributed by atoms with van der Waals surface area (Å²) in [7, 11) is 1.43. The summed E-state index contributed by atoms with van der Waals surface area (Å²) >= 11 is 0. The Kier molecular flexibility index (Phi) is 6.14. The molecule has 0 radical (unpaired) electrons. The van der Waals surface area contributed by atoms with Crippen molar-refractivity contribution in [2.45, 2.75) is 25.9 Å². The molecular formula is C14H18N4O3. The predicted octanol–water partition coefficient (Wildman–Crippen LogP) is 1.32. The van der Waals surface area contributed by atoms with Crippen LogP contribution in [0.25, 0.3) is 0 Å². The number of amides is 2. The summed E-state index contributed by atoms with van der Waals surface area (Å²) in [4.78, 5) is 29.9. The zero-order chi connectivity index (χ0) is 15.8. The second-order valence-electron chi connectivity index (χ2n) is 4.60. The van der Waals surface area contributed by atoms with Gasteiger partial charge in [-0.3, -0.25) is 4.98 Å². The molecule has 1 N–H and O–H groups in total. The van der Waals surface area contributed by atoms with E-state index in [4.69, 9.17) is 10.4 Å². The van der Waals surface area contributed by atoms with Crippen LogP contribution >= 0.6 is 0 Å². The van der Waals surface area contributed by atoms with Crippen molar-refractivity contribution in [3.05, 3.63) is 30.1 Å². The van der Waals surface area contributed by atoms with E-state index >= 15 is 0 Å². The Hall–Kier alpha value is -2.62. The molecule has 7 heteroatoms. The summed E-state index contributed by atoms with van der Waals surface area (Å²) in [6.07, 6.45) is 3.44. The Labute approximate surface area is 123 Å². The number of aromatic nitrogens is 1. The first-order valence-corrected chi connectivity index (χ1v) is 6.47. The number of hydrogen-bond donors (Lipinski definition) is 1. The number of aliphatic carboxylic acids is 1. The van der Waals surface area contributed by atoms with Gasteiger partial charge in [0, 0.05) is 32.5 Å². The molecule has 1 heterocycles. The van der Waals surface area contributed by atoms with E-state index in [9.17, 15) is 9.59 Å². The molecule has 0 saturated carbocycles. The maximum atomic E-state index is 12.4. The highest BCUT2D eigenvalue weighted by Crippen LogP contribution is 2.09. The summed E-state index contributed by atoms with van der Waals surface area (Å²) in [6, 6.07) is 4.20. The Morgan fingerprint density at radius 2 is 2.24 bits per heavy atom. The molecule has 1 aromatic heterocycles. The lowest BCUT2D eigenvalue weighted by Crippen LogP contribution is -2.47. The van der Waals surface area contributed by atoms with Gasteiger partial charge < -0.3 is 14.9 Å². The molecule has 0 saturated heterocycles. The van der Waals surface area contributed by atoms with Crippen LogP contribution in [0.3, 0.4) is 0 Å². The van der Waals surface area contributed by atoms with Crippen LogP contribution in [0, 0.1) is 11.3 Å². The van der Waals surface area contributed by atoms with Gasteiger partial charge in [-0.2, -0.15) is 5.26 Å². The van der Waals surface area contributed by atoms with E-state index in [1.54, 1.807) is 18.5 Å². The van der Waals surface area contributed by atoms with Crippen molar-refractivity contribution in [1.82, 2.24) is 14.8 Å². The second kappa shape index (κ2) is 7.85. The van der Waals surface area contributed by atoms with Crippen LogP contribution in [-0.2, 0) is 11.3 Å². The minimum absolute atomic E-state index is 0.182. The number of carboxylic acids is 1. The number of carbonyl (C=O) groups is 2. The summed E-state index contributed by atoms with van der Waals surface area (Å²) in [5.74, 6) is -1.08. The average Bonchev–Trinajstić information content (AvgIpc) is 2.50. The number of hydrogen-bond acceptors (Lipinski definition) is 4. The lowest BCUT2D eigenvalue weighted by Gasteiger charge is -2.29. The molecule has 0 bridgehead atoms. The van der Waals surface area contributed by atoms with Crippen molar-refractivity contribution in [3.8, 4) is 6.07 Å². The van der Waals surface area contributed by atoms with Crippen LogP contribution in [0.2, 0.25) is 0 Å². The van der Waals surface area contributed by atoms with E-state index in [1.165, 1.54) is 18.9 Å². The van der Waals surface area contributed by atoms with Gasteiger partial charge >= 0.3 is 12.0 Å². The van der Waals surface area contributed by atoms with Gasteiger partial charge in [0.15, 0.2) is 0 Å². The summed E-state index contributed by atoms with van der Waals surface area (Å²) in [5.41, 5.74) is 0.820. The van der Waals surface area contributed by atoms with E-state index < -0.39 is 18.0 Å². The molecule has 0 fully saturated rings. The lowest BCUT2D eigenvalue weighted by atomic mass is 10.2. The highest BCUT2D eigenvalue weighted by molar-refractivity contribution is 5.82. The van der Waals surface area contributed by atoms with Crippen molar-refractivity contribution >= 4 is 12.0 Å². The third-order valence-corrected chi connectivity index (χ3v) is 3.10. The molecule has 112 valence electrons. The fourth-order valence-corrected chi connectivity index (χ4v) is 1.69. The summed E-state index contributed by atoms with van der Waals surface area (Å²) < 4.78 is 0. The zero-order valence-electron chi connectivity index (χ0n) is 12.1. The van der Waals surface area contributed by atoms with E-state index in [1.807, 2.05) is 12.1 Å². The minimum atomic E-state index is -1.08. The minimum Gasteiger partial charge on any atom is -0.480 e. The number of nitrogens with zero attached hydrogens (tertiary/aromatic N) is 4. The van der Waals surface area contributed by atoms with Gasteiger partial charge in [-0.1, -0.05) is 6.07 Å². The van der Waals surface area contributed by atoms with E-state index in [-0.39, 0.29) is 19.5 Å². The topological polar surface area (TPSA) is 97.5 Å². The number of urea groups is 1. The van der Waals surface area contributed by atoms with Gasteiger partial charge in [-0.25, -0.2) is 9.59 Å². The Morgan fingerprint density at radius 3 is 2.76 bits per heavy atom. The highest BCUT2D eigenvalue weighted by Gasteiger charge is 2.25. The van der Waals surface area contributed by atoms with Crippen molar-refractivity contribution in [2.75, 3.05) is 13.6 Å². The number of carboxylic acid groups (broad SMARTS) is 1. The van der Waals surface area contributed by atoms with E-state index in [2.05, 4.69) is 4.98 Å². The van der Waals surface area contributed by atoms with Gasteiger partial charge in [0.2, 0.25) is 0 Å². The molecule has 7 nitrogen and oxygen atoms in total. The highest BCUT2D eigenvalue weighted by atomic mass is 16.4. The predicted molar refractivity (Wildman–Crippen MR) is 75.1 cm³/mol. The van der Waals surface area contributed by atoms with Gasteiger partial charge in [0.05, 0.1) is 12.5 Å². The van der Waals surface area contributed by atoms with Crippen LogP contribution in [-0.4, -0.2) is 51.5 Å². The van der Waals surface area contributed by atoms with Crippen LogP contribution in [0.4, 0.5) is 4.79 Å². The smallest absolute Gasteiger partial charge is 0.326 e. The summed E-state index contributed by atoms with van der Waals surface area (Å²) in [5, 5.41) is 17.7. The number of likely N-dealkylation sites (N-methyl/N-ethyl adjacent to an activating group) is 1. The first-order valence-electron chi connectivity index (χ1n) is 6.47. The first kappa shape index (κ1) is 16.4.